The van der Waals surface area contributed by atoms with Crippen LogP contribution >= 0.6 is 11.6 Å². The predicted octanol–water partition coefficient (Wildman–Crippen LogP) is 7.27. The maximum atomic E-state index is 14.9. The number of benzene rings is 1. The third kappa shape index (κ3) is 5.61. The van der Waals surface area contributed by atoms with Crippen molar-refractivity contribution in [2.24, 2.45) is 5.92 Å². The summed E-state index contributed by atoms with van der Waals surface area (Å²) in [5, 5.41) is 5.90. The summed E-state index contributed by atoms with van der Waals surface area (Å²) < 4.78 is 84.2. The number of halogens is 7. The molecule has 0 saturated heterocycles. The van der Waals surface area contributed by atoms with E-state index in [-0.39, 0.29) is 41.4 Å². The van der Waals surface area contributed by atoms with Gasteiger partial charge in [0.25, 0.3) is 0 Å². The average molecular weight is 612 g/mol. The van der Waals surface area contributed by atoms with Crippen molar-refractivity contribution in [1.29, 1.82) is 0 Å². The van der Waals surface area contributed by atoms with E-state index in [4.69, 9.17) is 11.6 Å². The van der Waals surface area contributed by atoms with Crippen molar-refractivity contribution in [2.45, 2.75) is 51.4 Å². The van der Waals surface area contributed by atoms with Crippen LogP contribution in [-0.2, 0) is 15.8 Å². The topological polar surface area (TPSA) is 80.1 Å². The second kappa shape index (κ2) is 11.4. The molecule has 0 aliphatic carbocycles. The first-order chi connectivity index (χ1) is 19.9. The number of alkyl halides is 5. The summed E-state index contributed by atoms with van der Waals surface area (Å²) in [6.07, 6.45) is -0.318. The minimum atomic E-state index is -4.88. The molecule has 5 rings (SSSR count). The number of fused-ring (bicyclic) bond motifs is 4. The summed E-state index contributed by atoms with van der Waals surface area (Å²) in [5.74, 6) is -2.83. The summed E-state index contributed by atoms with van der Waals surface area (Å²) in [6.45, 7) is -1.39. The zero-order valence-electron chi connectivity index (χ0n) is 22.1. The average Bonchev–Trinajstić information content (AvgIpc) is 3.35. The van der Waals surface area contributed by atoms with Gasteiger partial charge >= 0.3 is 12.7 Å². The first kappa shape index (κ1) is 29.6. The summed E-state index contributed by atoms with van der Waals surface area (Å²) in [4.78, 5) is 32.0. The molecule has 2 bridgehead atoms. The van der Waals surface area contributed by atoms with E-state index in [1.54, 1.807) is 6.92 Å². The molecule has 2 amide bonds. The number of amides is 2. The van der Waals surface area contributed by atoms with E-state index in [1.807, 2.05) is 0 Å². The van der Waals surface area contributed by atoms with Crippen molar-refractivity contribution in [3.63, 3.8) is 0 Å². The SMILES string of the molecule is C[C@@H]1CCC[C@H](N2CCC(c3c(C(F)(F)F)ccc(Cl)c3F)=CC2=O)c2cc(ccn2)-c2c(cnn2C(F)F)NC1=O. The molecular weight excluding hydrogens is 588 g/mol. The van der Waals surface area contributed by atoms with Crippen molar-refractivity contribution in [3.05, 3.63) is 70.4 Å². The number of hydrogen-bond acceptors (Lipinski definition) is 4. The standard InChI is InChI=1S/C28H24ClF6N5O2/c1-14-3-2-4-21(19-11-16(7-9-36-19)25-20(38-26(14)42)13-37-40(25)27(31)32)39-10-8-15(12-22(39)41)23-17(28(33,34)35)5-6-18(29)24(23)30/h5-7,9,11-14,21,27H,2-4,8,10H2,1H3,(H,38,42)/t14-,21+/m1/s1. The fourth-order valence-electron chi connectivity index (χ4n) is 5.40. The molecule has 7 nitrogen and oxygen atoms in total. The van der Waals surface area contributed by atoms with E-state index < -0.39 is 52.6 Å². The Balaban J connectivity index is 1.56. The molecular formula is C28H24ClF6N5O2. The van der Waals surface area contributed by atoms with Crippen LogP contribution in [0.5, 0.6) is 0 Å². The minimum absolute atomic E-state index is 0.0446. The molecule has 1 aromatic carbocycles. The normalized spacial score (nSPS) is 20.0. The largest absolute Gasteiger partial charge is 0.417 e. The van der Waals surface area contributed by atoms with Crippen molar-refractivity contribution < 1.29 is 35.9 Å². The molecule has 222 valence electrons. The Morgan fingerprint density at radius 1 is 1.14 bits per heavy atom. The molecule has 1 N–H and O–H groups in total. The Kier molecular flexibility index (Phi) is 8.06. The maximum absolute atomic E-state index is 14.9. The van der Waals surface area contributed by atoms with Gasteiger partial charge in [-0.3, -0.25) is 14.6 Å². The molecule has 14 heteroatoms. The van der Waals surface area contributed by atoms with Crippen LogP contribution in [0.15, 0.2) is 42.7 Å². The fourth-order valence-corrected chi connectivity index (χ4v) is 5.56. The van der Waals surface area contributed by atoms with Crippen molar-refractivity contribution in [1.82, 2.24) is 19.7 Å². The van der Waals surface area contributed by atoms with Gasteiger partial charge in [0.2, 0.25) is 11.8 Å². The van der Waals surface area contributed by atoms with Gasteiger partial charge in [-0.15, -0.1) is 0 Å². The van der Waals surface area contributed by atoms with E-state index >= 15 is 0 Å². The van der Waals surface area contributed by atoms with E-state index in [9.17, 15) is 35.9 Å². The van der Waals surface area contributed by atoms with E-state index in [1.165, 1.54) is 23.2 Å². The fraction of sp³-hybridized carbons (Fsp3) is 0.357. The van der Waals surface area contributed by atoms with Gasteiger partial charge in [0.1, 0.15) is 5.82 Å². The van der Waals surface area contributed by atoms with Crippen LogP contribution < -0.4 is 5.32 Å². The number of carbonyl (C=O) groups excluding carboxylic acids is 2. The number of anilines is 1. The molecule has 4 heterocycles. The number of carbonyl (C=O) groups is 2. The highest BCUT2D eigenvalue weighted by Gasteiger charge is 2.38. The number of rotatable bonds is 3. The molecule has 2 atom stereocenters. The second-order valence-corrected chi connectivity index (χ2v) is 10.6. The van der Waals surface area contributed by atoms with Crippen LogP contribution in [0.1, 0.15) is 62.0 Å². The van der Waals surface area contributed by atoms with Crippen LogP contribution in [-0.4, -0.2) is 38.0 Å². The van der Waals surface area contributed by atoms with Crippen LogP contribution in [0.3, 0.4) is 0 Å². The molecule has 2 aliphatic heterocycles. The highest BCUT2D eigenvalue weighted by Crippen LogP contribution is 2.42. The number of pyridine rings is 1. The van der Waals surface area contributed by atoms with Crippen LogP contribution in [0.4, 0.5) is 32.0 Å². The minimum Gasteiger partial charge on any atom is -0.330 e. The highest BCUT2D eigenvalue weighted by molar-refractivity contribution is 6.31. The predicted molar refractivity (Wildman–Crippen MR) is 142 cm³/mol. The van der Waals surface area contributed by atoms with Gasteiger partial charge in [-0.25, -0.2) is 9.07 Å². The number of hydrogen-bond donors (Lipinski definition) is 1. The summed E-state index contributed by atoms with van der Waals surface area (Å²) in [6, 6.07) is 3.78. The van der Waals surface area contributed by atoms with Crippen molar-refractivity contribution in [2.75, 3.05) is 11.9 Å². The van der Waals surface area contributed by atoms with Crippen LogP contribution in [0.25, 0.3) is 16.8 Å². The zero-order chi connectivity index (χ0) is 30.3. The maximum Gasteiger partial charge on any atom is 0.417 e. The zero-order valence-corrected chi connectivity index (χ0v) is 22.8. The Labute approximate surface area is 241 Å². The number of aromatic nitrogens is 3. The summed E-state index contributed by atoms with van der Waals surface area (Å²) >= 11 is 5.79. The third-order valence-electron chi connectivity index (χ3n) is 7.50. The molecule has 0 fully saturated rings. The van der Waals surface area contributed by atoms with Crippen LogP contribution in [0, 0.1) is 11.7 Å². The smallest absolute Gasteiger partial charge is 0.330 e. The lowest BCUT2D eigenvalue weighted by molar-refractivity contribution is -0.138. The quantitative estimate of drug-likeness (QED) is 0.316. The summed E-state index contributed by atoms with van der Waals surface area (Å²) in [5.41, 5.74) is -1.48. The van der Waals surface area contributed by atoms with Gasteiger partial charge < -0.3 is 10.2 Å². The molecule has 0 radical (unpaired) electrons. The summed E-state index contributed by atoms with van der Waals surface area (Å²) in [7, 11) is 0. The van der Waals surface area contributed by atoms with E-state index in [2.05, 4.69) is 15.4 Å². The lowest BCUT2D eigenvalue weighted by Crippen LogP contribution is -2.38. The van der Waals surface area contributed by atoms with Gasteiger partial charge in [0.15, 0.2) is 0 Å². The van der Waals surface area contributed by atoms with Gasteiger partial charge in [-0.05, 0) is 49.1 Å². The van der Waals surface area contributed by atoms with Gasteiger partial charge in [0.05, 0.1) is 39.9 Å². The first-order valence-corrected chi connectivity index (χ1v) is 13.4. The van der Waals surface area contributed by atoms with Gasteiger partial charge in [-0.1, -0.05) is 24.9 Å². The number of nitrogens with zero attached hydrogens (tertiary/aromatic N) is 4. The molecule has 2 aliphatic rings. The molecule has 42 heavy (non-hydrogen) atoms. The Bertz CT molecular complexity index is 1570. The first-order valence-electron chi connectivity index (χ1n) is 13.1. The highest BCUT2D eigenvalue weighted by atomic mass is 35.5. The molecule has 0 spiro atoms. The molecule has 0 unspecified atom stereocenters. The van der Waals surface area contributed by atoms with Crippen LogP contribution in [0.2, 0.25) is 5.02 Å². The lowest BCUT2D eigenvalue weighted by Gasteiger charge is -2.35. The van der Waals surface area contributed by atoms with E-state index in [0.29, 0.717) is 35.7 Å². The molecule has 2 aromatic heterocycles. The molecule has 3 aromatic rings. The number of nitrogens with one attached hydrogen (secondary N) is 1. The van der Waals surface area contributed by atoms with E-state index in [0.717, 1.165) is 18.3 Å². The van der Waals surface area contributed by atoms with Crippen molar-refractivity contribution in [3.8, 4) is 11.3 Å². The second-order valence-electron chi connectivity index (χ2n) is 10.2. The lowest BCUT2D eigenvalue weighted by atomic mass is 9.91. The monoisotopic (exact) mass is 611 g/mol. The molecule has 0 saturated carbocycles. The Hall–Kier alpha value is -3.87. The van der Waals surface area contributed by atoms with Gasteiger partial charge in [0, 0.05) is 35.9 Å². The Morgan fingerprint density at radius 3 is 2.60 bits per heavy atom. The van der Waals surface area contributed by atoms with Crippen molar-refractivity contribution >= 4 is 34.7 Å². The van der Waals surface area contributed by atoms with Gasteiger partial charge in [-0.2, -0.15) is 27.1 Å². The third-order valence-corrected chi connectivity index (χ3v) is 7.79. The Morgan fingerprint density at radius 2 is 1.90 bits per heavy atom.